The molecule has 0 aliphatic heterocycles. The Morgan fingerprint density at radius 2 is 1.94 bits per heavy atom. The van der Waals surface area contributed by atoms with Crippen molar-refractivity contribution in [2.24, 2.45) is 5.92 Å². The van der Waals surface area contributed by atoms with Gasteiger partial charge in [0.1, 0.15) is 11.2 Å². The number of hydrogen-bond donors (Lipinski definition) is 3. The largest absolute Gasteiger partial charge is 0.335 e. The van der Waals surface area contributed by atoms with E-state index in [4.69, 9.17) is 4.98 Å². The van der Waals surface area contributed by atoms with Crippen molar-refractivity contribution in [1.29, 1.82) is 0 Å². The molecule has 0 aliphatic rings. The monoisotopic (exact) mass is 494 g/mol. The van der Waals surface area contributed by atoms with E-state index in [1.807, 2.05) is 37.6 Å². The Labute approximate surface area is 210 Å². The highest BCUT2D eigenvalue weighted by molar-refractivity contribution is 7.08. The van der Waals surface area contributed by atoms with Crippen LogP contribution in [0, 0.1) is 5.92 Å². The van der Waals surface area contributed by atoms with Crippen molar-refractivity contribution in [3.63, 3.8) is 0 Å². The topological polar surface area (TPSA) is 125 Å². The van der Waals surface area contributed by atoms with Crippen LogP contribution in [0.5, 0.6) is 0 Å². The molecule has 0 saturated carbocycles. The molecule has 9 nitrogen and oxygen atoms in total. The van der Waals surface area contributed by atoms with Gasteiger partial charge in [0.25, 0.3) is 0 Å². The zero-order valence-corrected chi connectivity index (χ0v) is 20.4. The highest BCUT2D eigenvalue weighted by Crippen LogP contribution is 2.32. The van der Waals surface area contributed by atoms with Crippen LogP contribution >= 0.6 is 11.3 Å². The quantitative estimate of drug-likeness (QED) is 0.274. The van der Waals surface area contributed by atoms with Gasteiger partial charge in [0.2, 0.25) is 5.91 Å². The molecule has 0 atom stereocenters. The Kier molecular flexibility index (Phi) is 5.49. The molecule has 1 amide bonds. The van der Waals surface area contributed by atoms with Crippen LogP contribution in [0.2, 0.25) is 0 Å². The first-order valence-electron chi connectivity index (χ1n) is 11.5. The molecule has 6 aromatic heterocycles. The van der Waals surface area contributed by atoms with E-state index in [9.17, 15) is 4.79 Å². The van der Waals surface area contributed by atoms with E-state index in [0.717, 1.165) is 38.6 Å². The molecule has 0 unspecified atom stereocenters. The van der Waals surface area contributed by atoms with Gasteiger partial charge >= 0.3 is 0 Å². The highest BCUT2D eigenvalue weighted by atomic mass is 32.1. The molecule has 36 heavy (non-hydrogen) atoms. The van der Waals surface area contributed by atoms with Crippen molar-refractivity contribution < 1.29 is 4.79 Å². The first-order valence-corrected chi connectivity index (χ1v) is 12.5. The predicted octanol–water partition coefficient (Wildman–Crippen LogP) is 5.67. The highest BCUT2D eigenvalue weighted by Gasteiger charge is 2.17. The summed E-state index contributed by atoms with van der Waals surface area (Å²) < 4.78 is 0. The van der Waals surface area contributed by atoms with Crippen LogP contribution in [0.4, 0.5) is 5.69 Å². The third-order valence-corrected chi connectivity index (χ3v) is 6.49. The van der Waals surface area contributed by atoms with Crippen LogP contribution < -0.4 is 5.32 Å². The van der Waals surface area contributed by atoms with Gasteiger partial charge in [-0.2, -0.15) is 16.4 Å². The Hall–Kier alpha value is -4.44. The molecule has 0 bridgehead atoms. The summed E-state index contributed by atoms with van der Waals surface area (Å²) in [5.74, 6) is 0.886. The van der Waals surface area contributed by atoms with E-state index in [1.54, 1.807) is 36.1 Å². The molecule has 178 valence electrons. The van der Waals surface area contributed by atoms with Crippen LogP contribution in [-0.4, -0.2) is 41.0 Å². The summed E-state index contributed by atoms with van der Waals surface area (Å²) >= 11 is 1.64. The molecular weight excluding hydrogens is 472 g/mol. The number of nitrogens with one attached hydrogen (secondary N) is 3. The van der Waals surface area contributed by atoms with E-state index >= 15 is 0 Å². The summed E-state index contributed by atoms with van der Waals surface area (Å²) in [5, 5.41) is 15.5. The summed E-state index contributed by atoms with van der Waals surface area (Å²) in [5.41, 5.74) is 7.37. The Morgan fingerprint density at radius 3 is 2.78 bits per heavy atom. The number of H-pyrrole nitrogens is 2. The molecule has 0 saturated heterocycles. The molecule has 10 heteroatoms. The van der Waals surface area contributed by atoms with Gasteiger partial charge in [-0.1, -0.05) is 13.8 Å². The lowest BCUT2D eigenvalue weighted by molar-refractivity contribution is -0.116. The normalized spacial score (nSPS) is 11.5. The first kappa shape index (κ1) is 22.1. The van der Waals surface area contributed by atoms with E-state index in [0.29, 0.717) is 29.3 Å². The SMILES string of the molecule is CC(C)CC(=O)Nc1cncc(-c2cc3c(-c4nc5c(-c6ccsc6)cncc5[nH]4)n[nH]c3cn2)c1. The van der Waals surface area contributed by atoms with E-state index in [-0.39, 0.29) is 11.8 Å². The third kappa shape index (κ3) is 4.11. The van der Waals surface area contributed by atoms with Gasteiger partial charge in [-0.3, -0.25) is 24.8 Å². The molecule has 6 heterocycles. The second-order valence-electron chi connectivity index (χ2n) is 8.98. The van der Waals surface area contributed by atoms with Crippen LogP contribution in [0.3, 0.4) is 0 Å². The average Bonchev–Trinajstić information content (AvgIpc) is 3.62. The van der Waals surface area contributed by atoms with E-state index in [1.165, 1.54) is 0 Å². The molecule has 0 fully saturated rings. The van der Waals surface area contributed by atoms with Crippen LogP contribution in [0.15, 0.2) is 59.9 Å². The lowest BCUT2D eigenvalue weighted by Gasteiger charge is -2.08. The number of thiophene rings is 1. The maximum Gasteiger partial charge on any atom is 0.224 e. The van der Waals surface area contributed by atoms with E-state index < -0.39 is 0 Å². The zero-order chi connectivity index (χ0) is 24.6. The number of aromatic nitrogens is 7. The minimum Gasteiger partial charge on any atom is -0.335 e. The first-order chi connectivity index (χ1) is 17.5. The number of carbonyl (C=O) groups is 1. The summed E-state index contributed by atoms with van der Waals surface area (Å²) in [6.07, 6.45) is 9.16. The lowest BCUT2D eigenvalue weighted by atomic mass is 10.1. The van der Waals surface area contributed by atoms with Crippen molar-refractivity contribution >= 4 is 44.9 Å². The molecule has 0 radical (unpaired) electrons. The van der Waals surface area contributed by atoms with Crippen molar-refractivity contribution in [1.82, 2.24) is 35.1 Å². The number of fused-ring (bicyclic) bond motifs is 2. The van der Waals surface area contributed by atoms with Crippen LogP contribution in [0.1, 0.15) is 20.3 Å². The number of hydrogen-bond acceptors (Lipinski definition) is 7. The third-order valence-electron chi connectivity index (χ3n) is 5.81. The van der Waals surface area contributed by atoms with Gasteiger partial charge in [-0.25, -0.2) is 4.98 Å². The number of imidazole rings is 1. The maximum absolute atomic E-state index is 12.2. The minimum absolute atomic E-state index is 0.0364. The van der Waals surface area contributed by atoms with Gasteiger partial charge in [0.05, 0.1) is 41.0 Å². The number of anilines is 1. The maximum atomic E-state index is 12.2. The average molecular weight is 495 g/mol. The molecule has 3 N–H and O–H groups in total. The van der Waals surface area contributed by atoms with Gasteiger partial charge < -0.3 is 10.3 Å². The molecule has 0 spiro atoms. The Balaban J connectivity index is 1.38. The molecule has 0 aliphatic carbocycles. The number of carbonyl (C=O) groups excluding carboxylic acids is 1. The van der Waals surface area contributed by atoms with E-state index in [2.05, 4.69) is 46.9 Å². The van der Waals surface area contributed by atoms with Gasteiger partial charge in [0.15, 0.2) is 5.82 Å². The molecule has 6 rings (SSSR count). The molecular formula is C26H22N8OS. The summed E-state index contributed by atoms with van der Waals surface area (Å²) in [6, 6.07) is 5.89. The Bertz CT molecular complexity index is 1700. The number of rotatable bonds is 6. The number of pyridine rings is 3. The minimum atomic E-state index is -0.0364. The van der Waals surface area contributed by atoms with Gasteiger partial charge in [0, 0.05) is 35.3 Å². The van der Waals surface area contributed by atoms with Crippen LogP contribution in [-0.2, 0) is 4.79 Å². The summed E-state index contributed by atoms with van der Waals surface area (Å²) in [7, 11) is 0. The standard InChI is InChI=1S/C26H22N8OS/c1-14(2)5-23(35)30-17-6-16(8-27-9-17)20-7-18-21(12-29-20)33-34-25(18)26-31-22-11-28-10-19(24(22)32-26)15-3-4-36-13-15/h3-4,6-14H,5H2,1-2H3,(H,30,35)(H,31,32)(H,33,34). The summed E-state index contributed by atoms with van der Waals surface area (Å²) in [6.45, 7) is 4.02. The van der Waals surface area contributed by atoms with Crippen molar-refractivity contribution in [3.05, 3.63) is 59.9 Å². The zero-order valence-electron chi connectivity index (χ0n) is 19.6. The Morgan fingerprint density at radius 1 is 1.06 bits per heavy atom. The van der Waals surface area contributed by atoms with Crippen molar-refractivity contribution in [2.75, 3.05) is 5.32 Å². The van der Waals surface area contributed by atoms with Crippen LogP contribution in [0.25, 0.3) is 55.8 Å². The number of amides is 1. The van der Waals surface area contributed by atoms with Crippen molar-refractivity contribution in [2.45, 2.75) is 20.3 Å². The number of nitrogens with zero attached hydrogens (tertiary/aromatic N) is 5. The fraction of sp³-hybridized carbons (Fsp3) is 0.154. The fourth-order valence-corrected chi connectivity index (χ4v) is 4.82. The van der Waals surface area contributed by atoms with Gasteiger partial charge in [-0.05, 0) is 40.4 Å². The van der Waals surface area contributed by atoms with Gasteiger partial charge in [-0.15, -0.1) is 0 Å². The predicted molar refractivity (Wildman–Crippen MR) is 141 cm³/mol. The smallest absolute Gasteiger partial charge is 0.224 e. The lowest BCUT2D eigenvalue weighted by Crippen LogP contribution is -2.13. The molecule has 6 aromatic rings. The second kappa shape index (κ2) is 8.97. The van der Waals surface area contributed by atoms with Crippen molar-refractivity contribution in [3.8, 4) is 33.9 Å². The second-order valence-corrected chi connectivity index (χ2v) is 9.76. The molecule has 0 aromatic carbocycles. The summed E-state index contributed by atoms with van der Waals surface area (Å²) in [4.78, 5) is 33.7. The number of aromatic amines is 2. The fourth-order valence-electron chi connectivity index (χ4n) is 4.16.